The monoisotopic (exact) mass is 474 g/mol. The van der Waals surface area contributed by atoms with Gasteiger partial charge >= 0.3 is 0 Å². The molecule has 0 fully saturated rings. The van der Waals surface area contributed by atoms with E-state index in [0.29, 0.717) is 11.0 Å². The van der Waals surface area contributed by atoms with Crippen molar-refractivity contribution in [3.63, 3.8) is 0 Å². The molecule has 3 N–H and O–H groups in total. The molecule has 0 saturated heterocycles. The molecule has 1 aromatic heterocycles. The van der Waals surface area contributed by atoms with Crippen molar-refractivity contribution in [2.75, 3.05) is 11.2 Å². The quantitative estimate of drug-likeness (QED) is 0.230. The van der Waals surface area contributed by atoms with Crippen LogP contribution in [0.25, 0.3) is 11.4 Å². The number of hydrogen-bond donors (Lipinski definition) is 2. The molecule has 1 unspecified atom stereocenters. The van der Waals surface area contributed by atoms with Crippen molar-refractivity contribution in [3.8, 4) is 11.4 Å². The molecule has 168 valence electrons. The van der Waals surface area contributed by atoms with Crippen molar-refractivity contribution < 1.29 is 9.72 Å². The van der Waals surface area contributed by atoms with Gasteiger partial charge in [0.05, 0.1) is 20.9 Å². The van der Waals surface area contributed by atoms with Gasteiger partial charge in [-0.25, -0.2) is 4.68 Å². The van der Waals surface area contributed by atoms with E-state index in [2.05, 4.69) is 36.3 Å². The lowest BCUT2D eigenvalue weighted by molar-refractivity contribution is -0.384. The number of carbonyl (C=O) groups excluding carboxylic acids is 1. The van der Waals surface area contributed by atoms with Crippen molar-refractivity contribution in [2.24, 2.45) is 0 Å². The van der Waals surface area contributed by atoms with E-state index in [9.17, 15) is 14.9 Å². The number of rotatable bonds is 6. The summed E-state index contributed by atoms with van der Waals surface area (Å²) in [7, 11) is 0. The van der Waals surface area contributed by atoms with Gasteiger partial charge in [0.1, 0.15) is 0 Å². The summed E-state index contributed by atoms with van der Waals surface area (Å²) in [4.78, 5) is 23.0. The van der Waals surface area contributed by atoms with E-state index in [0.717, 1.165) is 17.3 Å². The Bertz CT molecular complexity index is 1160. The Morgan fingerprint density at radius 2 is 1.88 bits per heavy atom. The summed E-state index contributed by atoms with van der Waals surface area (Å²) in [6.07, 6.45) is 0. The molecule has 11 heteroatoms. The zero-order valence-electron chi connectivity index (χ0n) is 18.0. The lowest BCUT2D eigenvalue weighted by Crippen LogP contribution is -2.24. The second-order valence-electron chi connectivity index (χ2n) is 8.17. The minimum absolute atomic E-state index is 0.0286. The fourth-order valence-corrected chi connectivity index (χ4v) is 3.78. The molecule has 1 amide bonds. The molecule has 0 saturated carbocycles. The summed E-state index contributed by atoms with van der Waals surface area (Å²) in [6.45, 7) is 8.07. The Hall–Kier alpha value is -3.11. The van der Waals surface area contributed by atoms with Crippen molar-refractivity contribution >= 4 is 40.6 Å². The average molecular weight is 475 g/mol. The van der Waals surface area contributed by atoms with E-state index in [1.165, 1.54) is 28.4 Å². The van der Waals surface area contributed by atoms with Crippen LogP contribution in [-0.2, 0) is 10.2 Å². The van der Waals surface area contributed by atoms with E-state index in [1.807, 2.05) is 24.3 Å². The molecule has 0 bridgehead atoms. The van der Waals surface area contributed by atoms with Gasteiger partial charge in [-0.3, -0.25) is 14.9 Å². The maximum Gasteiger partial charge on any atom is 0.271 e. The number of carbonyl (C=O) groups is 1. The molecule has 3 rings (SSSR count). The van der Waals surface area contributed by atoms with Crippen LogP contribution >= 0.6 is 23.4 Å². The highest BCUT2D eigenvalue weighted by atomic mass is 35.5. The maximum absolute atomic E-state index is 12.6. The first-order valence-corrected chi connectivity index (χ1v) is 11.0. The van der Waals surface area contributed by atoms with Crippen molar-refractivity contribution in [1.82, 2.24) is 14.9 Å². The Labute approximate surface area is 194 Å². The maximum atomic E-state index is 12.6. The smallest absolute Gasteiger partial charge is 0.271 e. The van der Waals surface area contributed by atoms with E-state index in [4.69, 9.17) is 17.4 Å². The summed E-state index contributed by atoms with van der Waals surface area (Å²) in [6, 6.07) is 11.8. The third-order valence-electron chi connectivity index (χ3n) is 4.74. The van der Waals surface area contributed by atoms with E-state index in [1.54, 1.807) is 6.92 Å². The molecule has 9 nitrogen and oxygen atoms in total. The highest BCUT2D eigenvalue weighted by Gasteiger charge is 2.22. The summed E-state index contributed by atoms with van der Waals surface area (Å²) >= 11 is 7.17. The fraction of sp³-hybridized carbons (Fsp3) is 0.286. The number of nitrogens with one attached hydrogen (secondary N) is 1. The Kier molecular flexibility index (Phi) is 6.75. The van der Waals surface area contributed by atoms with Crippen molar-refractivity contribution in [3.05, 3.63) is 63.2 Å². The SMILES string of the molecule is CC(Sc1nnc(-c2ccc(C(C)(C)C)cc2)n1N)C(=O)Nc1cc([N+](=O)[O-])ccc1Cl. The highest BCUT2D eigenvalue weighted by Crippen LogP contribution is 2.30. The first-order chi connectivity index (χ1) is 15.0. The van der Waals surface area contributed by atoms with Crippen LogP contribution in [-0.4, -0.2) is 31.0 Å². The van der Waals surface area contributed by atoms with E-state index in [-0.39, 0.29) is 21.8 Å². The number of nitrogen functional groups attached to an aromatic ring is 1. The Morgan fingerprint density at radius 1 is 1.22 bits per heavy atom. The number of hydrogen-bond acceptors (Lipinski definition) is 7. The largest absolute Gasteiger partial charge is 0.335 e. The van der Waals surface area contributed by atoms with Gasteiger partial charge in [-0.05, 0) is 24.0 Å². The van der Waals surface area contributed by atoms with Crippen LogP contribution in [0.3, 0.4) is 0 Å². The van der Waals surface area contributed by atoms with Gasteiger partial charge in [-0.2, -0.15) is 0 Å². The molecule has 0 spiro atoms. The van der Waals surface area contributed by atoms with Crippen LogP contribution < -0.4 is 11.2 Å². The summed E-state index contributed by atoms with van der Waals surface area (Å²) < 4.78 is 1.33. The highest BCUT2D eigenvalue weighted by molar-refractivity contribution is 8.00. The number of aromatic nitrogens is 3. The number of thioether (sulfide) groups is 1. The summed E-state index contributed by atoms with van der Waals surface area (Å²) in [5, 5.41) is 21.8. The molecule has 0 aliphatic carbocycles. The van der Waals surface area contributed by atoms with Gasteiger partial charge in [0, 0.05) is 17.7 Å². The Morgan fingerprint density at radius 3 is 2.47 bits per heavy atom. The number of nitro groups is 1. The predicted molar refractivity (Wildman–Crippen MR) is 126 cm³/mol. The first kappa shape index (κ1) is 23.6. The standard InChI is InChI=1S/C21H23ClN6O3S/c1-12(19(29)24-17-11-15(28(30)31)9-10-16(17)22)32-20-26-25-18(27(20)23)13-5-7-14(8-6-13)21(2,3)4/h5-12H,23H2,1-4H3,(H,24,29). The zero-order chi connectivity index (χ0) is 23.6. The number of amides is 1. The van der Waals surface area contributed by atoms with Gasteiger partial charge < -0.3 is 11.2 Å². The molecular weight excluding hydrogens is 452 g/mol. The topological polar surface area (TPSA) is 129 Å². The number of nitrogens with two attached hydrogens (primary N) is 1. The molecule has 32 heavy (non-hydrogen) atoms. The van der Waals surface area contributed by atoms with Gasteiger partial charge in [-0.15, -0.1) is 10.2 Å². The van der Waals surface area contributed by atoms with Crippen LogP contribution in [0.2, 0.25) is 5.02 Å². The predicted octanol–water partition coefficient (Wildman–Crippen LogP) is 4.64. The number of nitro benzene ring substituents is 1. The molecule has 1 atom stereocenters. The van der Waals surface area contributed by atoms with Crippen molar-refractivity contribution in [2.45, 2.75) is 43.5 Å². The third kappa shape index (κ3) is 5.20. The van der Waals surface area contributed by atoms with Crippen LogP contribution in [0.4, 0.5) is 11.4 Å². The second kappa shape index (κ2) is 9.17. The fourth-order valence-electron chi connectivity index (χ4n) is 2.84. The van der Waals surface area contributed by atoms with E-state index >= 15 is 0 Å². The van der Waals surface area contributed by atoms with Crippen LogP contribution in [0.1, 0.15) is 33.3 Å². The third-order valence-corrected chi connectivity index (χ3v) is 6.13. The molecule has 3 aromatic rings. The lowest BCUT2D eigenvalue weighted by atomic mass is 9.87. The molecule has 0 aliphatic rings. The lowest BCUT2D eigenvalue weighted by Gasteiger charge is -2.19. The number of benzene rings is 2. The number of nitrogens with zero attached hydrogens (tertiary/aromatic N) is 4. The number of non-ortho nitro benzene ring substituents is 1. The summed E-state index contributed by atoms with van der Waals surface area (Å²) in [5.41, 5.74) is 2.01. The summed E-state index contributed by atoms with van der Waals surface area (Å²) in [5.74, 6) is 6.25. The second-order valence-corrected chi connectivity index (χ2v) is 9.89. The molecule has 2 aromatic carbocycles. The van der Waals surface area contributed by atoms with Gasteiger partial charge in [-0.1, -0.05) is 68.4 Å². The molecule has 0 aliphatic heterocycles. The van der Waals surface area contributed by atoms with Crippen LogP contribution in [0.5, 0.6) is 0 Å². The first-order valence-electron chi connectivity index (χ1n) is 9.70. The van der Waals surface area contributed by atoms with Gasteiger partial charge in [0.2, 0.25) is 11.1 Å². The molecule has 1 heterocycles. The van der Waals surface area contributed by atoms with Gasteiger partial charge in [0.25, 0.3) is 5.69 Å². The van der Waals surface area contributed by atoms with Crippen molar-refractivity contribution in [1.29, 1.82) is 0 Å². The normalized spacial score (nSPS) is 12.4. The van der Waals surface area contributed by atoms with E-state index < -0.39 is 16.1 Å². The zero-order valence-corrected chi connectivity index (χ0v) is 19.6. The van der Waals surface area contributed by atoms with Crippen LogP contribution in [0.15, 0.2) is 47.6 Å². The van der Waals surface area contributed by atoms with Gasteiger partial charge in [0.15, 0.2) is 5.82 Å². The minimum atomic E-state index is -0.618. The number of anilines is 1. The average Bonchev–Trinajstić information content (AvgIpc) is 3.09. The Balaban J connectivity index is 1.73. The minimum Gasteiger partial charge on any atom is -0.335 e. The van der Waals surface area contributed by atoms with Crippen LogP contribution in [0, 0.1) is 10.1 Å². The molecular formula is C21H23ClN6O3S. The molecule has 0 radical (unpaired) electrons. The number of halogens is 1.